The summed E-state index contributed by atoms with van der Waals surface area (Å²) in [6.07, 6.45) is 3.62. The van der Waals surface area contributed by atoms with Crippen LogP contribution in [0.3, 0.4) is 0 Å². The molecule has 3 N–H and O–H groups in total. The smallest absolute Gasteiger partial charge is 0.303 e. The largest absolute Gasteiger partial charge is 0.481 e. The van der Waals surface area contributed by atoms with Gasteiger partial charge in [0.25, 0.3) is 0 Å². The topological polar surface area (TPSA) is 131 Å². The van der Waals surface area contributed by atoms with Crippen LogP contribution in [-0.4, -0.2) is 44.1 Å². The number of nitrogens with one attached hydrogen (secondary N) is 1. The van der Waals surface area contributed by atoms with Gasteiger partial charge in [-0.1, -0.05) is 84.5 Å². The number of carbonyl (C=O) groups excluding carboxylic acids is 1. The molecule has 9 nitrogen and oxygen atoms in total. The summed E-state index contributed by atoms with van der Waals surface area (Å²) in [5.41, 5.74) is 3.78. The summed E-state index contributed by atoms with van der Waals surface area (Å²) in [6.45, 7) is 2.38. The number of hydrogen-bond acceptors (Lipinski definition) is 9. The number of aliphatic hydroxyl groups is 1. The molecule has 4 rings (SSSR count). The highest BCUT2D eigenvalue weighted by molar-refractivity contribution is 8.01. The Labute approximate surface area is 248 Å². The SMILES string of the molecule is Cc1nnc(SC[C@@H]2C[C@H](c3ccc(CO)cc3)O[C@H](c3ccc(CNC(=O)CCCCCCC(=O)O)cc3)O2)s1. The molecule has 1 aliphatic rings. The fraction of sp³-hybridized carbons (Fsp3) is 0.467. The quantitative estimate of drug-likeness (QED) is 0.148. The van der Waals surface area contributed by atoms with E-state index in [0.29, 0.717) is 25.8 Å². The first-order chi connectivity index (χ1) is 19.9. The van der Waals surface area contributed by atoms with Crippen LogP contribution in [0.4, 0.5) is 0 Å². The van der Waals surface area contributed by atoms with E-state index in [1.54, 1.807) is 23.1 Å². The molecule has 1 aliphatic heterocycles. The fourth-order valence-electron chi connectivity index (χ4n) is 4.52. The Bertz CT molecular complexity index is 1250. The molecule has 1 aromatic heterocycles. The fourth-order valence-corrected chi connectivity index (χ4v) is 6.38. The van der Waals surface area contributed by atoms with Crippen LogP contribution in [0.1, 0.15) is 84.6 Å². The highest BCUT2D eigenvalue weighted by atomic mass is 32.2. The normalized spacial score (nSPS) is 18.7. The van der Waals surface area contributed by atoms with E-state index >= 15 is 0 Å². The zero-order valence-corrected chi connectivity index (χ0v) is 24.8. The lowest BCUT2D eigenvalue weighted by atomic mass is 10.0. The number of benzene rings is 2. The van der Waals surface area contributed by atoms with Gasteiger partial charge in [0.15, 0.2) is 10.6 Å². The summed E-state index contributed by atoms with van der Waals surface area (Å²) in [4.78, 5) is 22.8. The second kappa shape index (κ2) is 16.0. The van der Waals surface area contributed by atoms with Crippen LogP contribution in [0.2, 0.25) is 0 Å². The van der Waals surface area contributed by atoms with E-state index in [9.17, 15) is 14.7 Å². The lowest BCUT2D eigenvalue weighted by Crippen LogP contribution is -2.31. The standard InChI is InChI=1S/C30H37N3O6S2/c1-20-32-33-30(41-20)40-19-25-16-26(23-12-10-22(18-34)11-13-23)39-29(38-25)24-14-8-21(9-15-24)17-31-27(35)6-4-2-3-5-7-28(36)37/h8-15,25-26,29,34H,2-7,16-19H2,1H3,(H,31,35)(H,36,37)/t25-,26+,29+/m0/s1. The Hall–Kier alpha value is -2.83. The Morgan fingerprint density at radius 3 is 2.29 bits per heavy atom. The number of aryl methyl sites for hydroxylation is 1. The summed E-state index contributed by atoms with van der Waals surface area (Å²) < 4.78 is 13.7. The van der Waals surface area contributed by atoms with Crippen LogP contribution >= 0.6 is 23.1 Å². The Morgan fingerprint density at radius 2 is 1.63 bits per heavy atom. The maximum Gasteiger partial charge on any atom is 0.303 e. The Kier molecular flexibility index (Phi) is 12.1. The number of aromatic nitrogens is 2. The molecule has 1 amide bonds. The summed E-state index contributed by atoms with van der Waals surface area (Å²) in [5, 5.41) is 30.3. The van der Waals surface area contributed by atoms with E-state index in [4.69, 9.17) is 14.6 Å². The molecule has 41 heavy (non-hydrogen) atoms. The molecule has 2 heterocycles. The number of nitrogens with zero attached hydrogens (tertiary/aromatic N) is 2. The predicted octanol–water partition coefficient (Wildman–Crippen LogP) is 5.72. The van der Waals surface area contributed by atoms with Crippen molar-refractivity contribution < 1.29 is 29.3 Å². The molecule has 0 bridgehead atoms. The average Bonchev–Trinajstić information content (AvgIpc) is 3.41. The van der Waals surface area contributed by atoms with Gasteiger partial charge >= 0.3 is 5.97 Å². The van der Waals surface area contributed by atoms with Gasteiger partial charge in [0.05, 0.1) is 18.8 Å². The third-order valence-corrected chi connectivity index (χ3v) is 8.91. The van der Waals surface area contributed by atoms with Crippen molar-refractivity contribution in [2.45, 2.75) is 87.9 Å². The van der Waals surface area contributed by atoms with Gasteiger partial charge in [-0.05, 0) is 36.5 Å². The number of carbonyl (C=O) groups is 2. The summed E-state index contributed by atoms with van der Waals surface area (Å²) >= 11 is 3.21. The van der Waals surface area contributed by atoms with Crippen molar-refractivity contribution in [1.29, 1.82) is 0 Å². The molecule has 3 aromatic rings. The van der Waals surface area contributed by atoms with Gasteiger partial charge in [0.1, 0.15) is 5.01 Å². The van der Waals surface area contributed by atoms with Gasteiger partial charge in [0, 0.05) is 37.1 Å². The molecular weight excluding hydrogens is 562 g/mol. The van der Waals surface area contributed by atoms with Gasteiger partial charge in [0.2, 0.25) is 5.91 Å². The molecule has 0 spiro atoms. The zero-order chi connectivity index (χ0) is 29.0. The van der Waals surface area contributed by atoms with Crippen molar-refractivity contribution in [1.82, 2.24) is 15.5 Å². The van der Waals surface area contributed by atoms with E-state index in [2.05, 4.69) is 15.5 Å². The van der Waals surface area contributed by atoms with E-state index in [-0.39, 0.29) is 31.1 Å². The third-order valence-electron chi connectivity index (χ3n) is 6.80. The van der Waals surface area contributed by atoms with Crippen LogP contribution in [0, 0.1) is 6.92 Å². The molecule has 11 heteroatoms. The minimum absolute atomic E-state index is 0.000524. The number of aliphatic hydroxyl groups excluding tert-OH is 1. The first kappa shape index (κ1) is 31.1. The minimum atomic E-state index is -0.776. The number of thioether (sulfide) groups is 1. The van der Waals surface area contributed by atoms with Crippen LogP contribution in [-0.2, 0) is 32.2 Å². The van der Waals surface area contributed by atoms with Gasteiger partial charge in [-0.25, -0.2) is 0 Å². The number of amides is 1. The third kappa shape index (κ3) is 10.2. The summed E-state index contributed by atoms with van der Waals surface area (Å²) in [7, 11) is 0. The predicted molar refractivity (Wildman–Crippen MR) is 157 cm³/mol. The van der Waals surface area contributed by atoms with Gasteiger partial charge in [-0.2, -0.15) is 0 Å². The number of carboxylic acids is 1. The first-order valence-electron chi connectivity index (χ1n) is 13.9. The van der Waals surface area contributed by atoms with Gasteiger partial charge < -0.3 is 25.0 Å². The van der Waals surface area contributed by atoms with Crippen LogP contribution < -0.4 is 5.32 Å². The summed E-state index contributed by atoms with van der Waals surface area (Å²) in [6, 6.07) is 15.7. The molecule has 0 unspecified atom stereocenters. The molecular formula is C30H37N3O6S2. The van der Waals surface area contributed by atoms with Crippen molar-refractivity contribution in [3.63, 3.8) is 0 Å². The highest BCUT2D eigenvalue weighted by Gasteiger charge is 2.32. The lowest BCUT2D eigenvalue weighted by Gasteiger charge is -2.36. The molecule has 3 atom stereocenters. The minimum Gasteiger partial charge on any atom is -0.481 e. The van der Waals surface area contributed by atoms with E-state index < -0.39 is 12.3 Å². The van der Waals surface area contributed by atoms with Gasteiger partial charge in [-0.15, -0.1) is 10.2 Å². The van der Waals surface area contributed by atoms with Crippen molar-refractivity contribution in [3.05, 3.63) is 75.8 Å². The second-order valence-corrected chi connectivity index (χ2v) is 12.5. The van der Waals surface area contributed by atoms with E-state index in [1.165, 1.54) is 0 Å². The molecule has 1 saturated heterocycles. The van der Waals surface area contributed by atoms with Crippen LogP contribution in [0.5, 0.6) is 0 Å². The first-order valence-corrected chi connectivity index (χ1v) is 15.7. The number of ether oxygens (including phenoxy) is 2. The maximum absolute atomic E-state index is 12.2. The average molecular weight is 600 g/mol. The number of aliphatic carboxylic acids is 1. The van der Waals surface area contributed by atoms with Crippen molar-refractivity contribution in [2.24, 2.45) is 0 Å². The molecule has 0 saturated carbocycles. The number of carboxylic acid groups (broad SMARTS) is 1. The molecule has 0 radical (unpaired) electrons. The van der Waals surface area contributed by atoms with Gasteiger partial charge in [-0.3, -0.25) is 9.59 Å². The number of hydrogen-bond donors (Lipinski definition) is 3. The highest BCUT2D eigenvalue weighted by Crippen LogP contribution is 2.39. The molecule has 220 valence electrons. The van der Waals surface area contributed by atoms with Crippen molar-refractivity contribution >= 4 is 35.0 Å². The van der Waals surface area contributed by atoms with Crippen molar-refractivity contribution in [3.8, 4) is 0 Å². The van der Waals surface area contributed by atoms with Crippen molar-refractivity contribution in [2.75, 3.05) is 5.75 Å². The second-order valence-electron chi connectivity index (χ2n) is 10.1. The monoisotopic (exact) mass is 599 g/mol. The number of rotatable bonds is 15. The van der Waals surface area contributed by atoms with E-state index in [1.807, 2.05) is 55.5 Å². The Balaban J connectivity index is 1.32. The summed E-state index contributed by atoms with van der Waals surface area (Å²) in [5.74, 6) is -0.0574. The molecule has 2 aromatic carbocycles. The Morgan fingerprint density at radius 1 is 0.951 bits per heavy atom. The zero-order valence-electron chi connectivity index (χ0n) is 23.2. The maximum atomic E-state index is 12.2. The van der Waals surface area contributed by atoms with E-state index in [0.717, 1.165) is 56.6 Å². The van der Waals surface area contributed by atoms with Crippen LogP contribution in [0.15, 0.2) is 52.9 Å². The molecule has 0 aliphatic carbocycles. The molecule has 1 fully saturated rings. The number of unbranched alkanes of at least 4 members (excludes halogenated alkanes) is 3. The lowest BCUT2D eigenvalue weighted by molar-refractivity contribution is -0.245. The van der Waals surface area contributed by atoms with Crippen LogP contribution in [0.25, 0.3) is 0 Å².